The number of hydrogen-bond donors (Lipinski definition) is 1. The van der Waals surface area contributed by atoms with Crippen LogP contribution in [0.4, 0.5) is 0 Å². The van der Waals surface area contributed by atoms with Crippen molar-refractivity contribution in [3.63, 3.8) is 0 Å². The Hall–Kier alpha value is -0.410. The molecular formula is C8H12N2S. The SMILES string of the molecule is NCc1csc(C2CCC2)n1. The molecule has 0 atom stereocenters. The number of nitrogens with zero attached hydrogens (tertiary/aromatic N) is 1. The third-order valence-electron chi connectivity index (χ3n) is 2.23. The van der Waals surface area contributed by atoms with Gasteiger partial charge in [0.2, 0.25) is 0 Å². The molecule has 2 rings (SSSR count). The van der Waals surface area contributed by atoms with Gasteiger partial charge in [-0.25, -0.2) is 4.98 Å². The Morgan fingerprint density at radius 3 is 2.91 bits per heavy atom. The van der Waals surface area contributed by atoms with Crippen molar-refractivity contribution in [2.45, 2.75) is 31.7 Å². The third-order valence-corrected chi connectivity index (χ3v) is 3.29. The van der Waals surface area contributed by atoms with Crippen LogP contribution in [0.25, 0.3) is 0 Å². The van der Waals surface area contributed by atoms with E-state index in [-0.39, 0.29) is 0 Å². The van der Waals surface area contributed by atoms with Crippen molar-refractivity contribution < 1.29 is 0 Å². The van der Waals surface area contributed by atoms with Crippen molar-refractivity contribution in [1.82, 2.24) is 4.98 Å². The summed E-state index contributed by atoms with van der Waals surface area (Å²) in [6.45, 7) is 0.587. The molecule has 1 heterocycles. The molecule has 2 N–H and O–H groups in total. The summed E-state index contributed by atoms with van der Waals surface area (Å²) in [7, 11) is 0. The minimum Gasteiger partial charge on any atom is -0.325 e. The fourth-order valence-electron chi connectivity index (χ4n) is 1.26. The Labute approximate surface area is 70.5 Å². The second kappa shape index (κ2) is 2.91. The summed E-state index contributed by atoms with van der Waals surface area (Å²) in [4.78, 5) is 4.44. The molecule has 0 bridgehead atoms. The Morgan fingerprint density at radius 2 is 2.45 bits per heavy atom. The number of nitrogens with two attached hydrogens (primary N) is 1. The maximum atomic E-state index is 5.47. The van der Waals surface area contributed by atoms with Crippen molar-refractivity contribution in [1.29, 1.82) is 0 Å². The van der Waals surface area contributed by atoms with E-state index in [1.54, 1.807) is 11.3 Å². The van der Waals surface area contributed by atoms with Gasteiger partial charge >= 0.3 is 0 Å². The van der Waals surface area contributed by atoms with Crippen LogP contribution < -0.4 is 5.73 Å². The van der Waals surface area contributed by atoms with E-state index < -0.39 is 0 Å². The van der Waals surface area contributed by atoms with Crippen LogP contribution in [0.15, 0.2) is 5.38 Å². The van der Waals surface area contributed by atoms with Crippen molar-refractivity contribution >= 4 is 11.3 Å². The molecule has 3 heteroatoms. The van der Waals surface area contributed by atoms with Gasteiger partial charge in [-0.2, -0.15) is 0 Å². The fraction of sp³-hybridized carbons (Fsp3) is 0.625. The molecular weight excluding hydrogens is 156 g/mol. The molecule has 0 saturated heterocycles. The van der Waals surface area contributed by atoms with Crippen LogP contribution >= 0.6 is 11.3 Å². The van der Waals surface area contributed by atoms with Gasteiger partial charge in [-0.3, -0.25) is 0 Å². The fourth-order valence-corrected chi connectivity index (χ4v) is 2.26. The summed E-state index contributed by atoms with van der Waals surface area (Å²) in [6.07, 6.45) is 4.04. The highest BCUT2D eigenvalue weighted by molar-refractivity contribution is 7.09. The van der Waals surface area contributed by atoms with E-state index >= 15 is 0 Å². The lowest BCUT2D eigenvalue weighted by atomic mass is 9.86. The van der Waals surface area contributed by atoms with Crippen LogP contribution in [0, 0.1) is 0 Å². The Kier molecular flexibility index (Phi) is 1.92. The first-order chi connectivity index (χ1) is 5.40. The second-order valence-electron chi connectivity index (χ2n) is 3.01. The lowest BCUT2D eigenvalue weighted by Gasteiger charge is -2.22. The minimum absolute atomic E-state index is 0.587. The highest BCUT2D eigenvalue weighted by atomic mass is 32.1. The smallest absolute Gasteiger partial charge is 0.0959 e. The predicted molar refractivity (Wildman–Crippen MR) is 46.6 cm³/mol. The summed E-state index contributed by atoms with van der Waals surface area (Å²) in [5.41, 5.74) is 6.52. The van der Waals surface area contributed by atoms with Crippen LogP contribution in [0.3, 0.4) is 0 Å². The van der Waals surface area contributed by atoms with E-state index in [0.29, 0.717) is 6.54 Å². The zero-order valence-corrected chi connectivity index (χ0v) is 7.23. The summed E-state index contributed by atoms with van der Waals surface area (Å²) < 4.78 is 0. The summed E-state index contributed by atoms with van der Waals surface area (Å²) in [5.74, 6) is 0.764. The number of thiazole rings is 1. The van der Waals surface area contributed by atoms with Gasteiger partial charge in [0.25, 0.3) is 0 Å². The molecule has 1 aliphatic rings. The van der Waals surface area contributed by atoms with E-state index in [2.05, 4.69) is 10.4 Å². The van der Waals surface area contributed by atoms with Gasteiger partial charge in [-0.05, 0) is 12.8 Å². The topological polar surface area (TPSA) is 38.9 Å². The van der Waals surface area contributed by atoms with Gasteiger partial charge in [0.15, 0.2) is 0 Å². The van der Waals surface area contributed by atoms with Gasteiger partial charge in [-0.15, -0.1) is 11.3 Å². The van der Waals surface area contributed by atoms with Crippen LogP contribution in [-0.4, -0.2) is 4.98 Å². The average Bonchev–Trinajstić information content (AvgIpc) is 2.32. The number of aromatic nitrogens is 1. The van der Waals surface area contributed by atoms with E-state index in [0.717, 1.165) is 11.6 Å². The molecule has 2 nitrogen and oxygen atoms in total. The molecule has 0 aliphatic heterocycles. The van der Waals surface area contributed by atoms with Gasteiger partial charge in [0.05, 0.1) is 10.7 Å². The van der Waals surface area contributed by atoms with E-state index in [4.69, 9.17) is 5.73 Å². The van der Waals surface area contributed by atoms with Crippen LogP contribution in [-0.2, 0) is 6.54 Å². The third kappa shape index (κ3) is 1.30. The summed E-state index contributed by atoms with van der Waals surface area (Å²) in [6, 6.07) is 0. The Balaban J connectivity index is 2.11. The quantitative estimate of drug-likeness (QED) is 0.732. The molecule has 0 spiro atoms. The predicted octanol–water partition coefficient (Wildman–Crippen LogP) is 1.87. The Morgan fingerprint density at radius 1 is 1.64 bits per heavy atom. The molecule has 1 aliphatic carbocycles. The minimum atomic E-state index is 0.587. The molecule has 60 valence electrons. The first-order valence-corrected chi connectivity index (χ1v) is 4.92. The van der Waals surface area contributed by atoms with Gasteiger partial charge in [-0.1, -0.05) is 6.42 Å². The lowest BCUT2D eigenvalue weighted by Crippen LogP contribution is -2.08. The molecule has 1 aromatic rings. The van der Waals surface area contributed by atoms with Crippen LogP contribution in [0.1, 0.15) is 35.9 Å². The number of rotatable bonds is 2. The average molecular weight is 168 g/mol. The highest BCUT2D eigenvalue weighted by Crippen LogP contribution is 2.37. The van der Waals surface area contributed by atoms with Gasteiger partial charge in [0, 0.05) is 17.8 Å². The molecule has 11 heavy (non-hydrogen) atoms. The lowest BCUT2D eigenvalue weighted by molar-refractivity contribution is 0.418. The zero-order valence-electron chi connectivity index (χ0n) is 6.42. The molecule has 1 fully saturated rings. The first kappa shape index (κ1) is 7.25. The first-order valence-electron chi connectivity index (χ1n) is 4.04. The van der Waals surface area contributed by atoms with E-state index in [1.807, 2.05) is 0 Å². The molecule has 0 amide bonds. The van der Waals surface area contributed by atoms with Crippen molar-refractivity contribution in [2.75, 3.05) is 0 Å². The summed E-state index contributed by atoms with van der Waals surface area (Å²) >= 11 is 1.77. The van der Waals surface area contributed by atoms with Crippen LogP contribution in [0.5, 0.6) is 0 Å². The molecule has 0 radical (unpaired) electrons. The van der Waals surface area contributed by atoms with Crippen LogP contribution in [0.2, 0.25) is 0 Å². The molecule has 1 aromatic heterocycles. The maximum absolute atomic E-state index is 5.47. The standard InChI is InChI=1S/C8H12N2S/c9-4-7-5-11-8(10-7)6-2-1-3-6/h5-6H,1-4,9H2. The second-order valence-corrected chi connectivity index (χ2v) is 3.90. The molecule has 0 unspecified atom stereocenters. The van der Waals surface area contributed by atoms with Crippen molar-refractivity contribution in [3.8, 4) is 0 Å². The van der Waals surface area contributed by atoms with Crippen molar-refractivity contribution in [2.24, 2.45) is 5.73 Å². The van der Waals surface area contributed by atoms with Crippen molar-refractivity contribution in [3.05, 3.63) is 16.1 Å². The monoisotopic (exact) mass is 168 g/mol. The van der Waals surface area contributed by atoms with Gasteiger partial charge in [0.1, 0.15) is 0 Å². The maximum Gasteiger partial charge on any atom is 0.0959 e. The normalized spacial score (nSPS) is 18.3. The Bertz CT molecular complexity index is 240. The summed E-state index contributed by atoms with van der Waals surface area (Å²) in [5, 5.41) is 3.38. The van der Waals surface area contributed by atoms with Gasteiger partial charge < -0.3 is 5.73 Å². The molecule has 1 saturated carbocycles. The molecule has 0 aromatic carbocycles. The largest absolute Gasteiger partial charge is 0.325 e. The van der Waals surface area contributed by atoms with E-state index in [9.17, 15) is 0 Å². The van der Waals surface area contributed by atoms with E-state index in [1.165, 1.54) is 24.3 Å². The highest BCUT2D eigenvalue weighted by Gasteiger charge is 2.21. The number of hydrogen-bond acceptors (Lipinski definition) is 3. The zero-order chi connectivity index (χ0) is 7.68.